The molecule has 1 amide bonds. The second-order valence-electron chi connectivity index (χ2n) is 5.98. The van der Waals surface area contributed by atoms with E-state index in [1.165, 1.54) is 12.3 Å². The fourth-order valence-electron chi connectivity index (χ4n) is 2.66. The van der Waals surface area contributed by atoms with E-state index in [0.717, 1.165) is 23.5 Å². The van der Waals surface area contributed by atoms with E-state index in [1.807, 2.05) is 6.92 Å². The third kappa shape index (κ3) is 4.76. The van der Waals surface area contributed by atoms with E-state index in [-0.39, 0.29) is 12.4 Å². The summed E-state index contributed by atoms with van der Waals surface area (Å²) in [6.07, 6.45) is 2.30. The molecule has 0 aliphatic carbocycles. The molecule has 1 unspecified atom stereocenters. The average Bonchev–Trinajstić information content (AvgIpc) is 3.30. The van der Waals surface area contributed by atoms with Crippen molar-refractivity contribution in [3.63, 3.8) is 0 Å². The number of carbonyl (C=O) groups excluding carboxylic acids is 1. The van der Waals surface area contributed by atoms with Crippen molar-refractivity contribution in [2.45, 2.75) is 19.9 Å². The summed E-state index contributed by atoms with van der Waals surface area (Å²) in [5.41, 5.74) is -0.448. The molecule has 0 spiro atoms. The first-order valence-corrected chi connectivity index (χ1v) is 8.50. The Morgan fingerprint density at radius 3 is 2.63 bits per heavy atom. The second kappa shape index (κ2) is 8.54. The van der Waals surface area contributed by atoms with E-state index >= 15 is 0 Å². The molecule has 7 nitrogen and oxygen atoms in total. The van der Waals surface area contributed by atoms with E-state index in [9.17, 15) is 13.6 Å². The summed E-state index contributed by atoms with van der Waals surface area (Å²) in [6, 6.07) is 6.82. The molecule has 1 atom stereocenters. The van der Waals surface area contributed by atoms with Gasteiger partial charge in [0.15, 0.2) is 18.8 Å². The van der Waals surface area contributed by atoms with Gasteiger partial charge < -0.3 is 19.1 Å². The van der Waals surface area contributed by atoms with Gasteiger partial charge in [0.25, 0.3) is 17.7 Å². The molecule has 0 bridgehead atoms. The van der Waals surface area contributed by atoms with E-state index < -0.39 is 23.2 Å². The molecule has 2 N–H and O–H groups in total. The van der Waals surface area contributed by atoms with Crippen LogP contribution in [0.4, 0.5) is 14.5 Å². The number of para-hydroxylation sites is 1. The van der Waals surface area contributed by atoms with Crippen molar-refractivity contribution in [2.24, 2.45) is 0 Å². The van der Waals surface area contributed by atoms with Crippen molar-refractivity contribution < 1.29 is 27.3 Å². The van der Waals surface area contributed by atoms with E-state index in [1.54, 1.807) is 12.1 Å². The van der Waals surface area contributed by atoms with Crippen molar-refractivity contribution >= 4 is 11.6 Å². The molecule has 1 aromatic carbocycles. The number of hydrogen-bond donors (Lipinski definition) is 2. The number of hydrogen-bond acceptors (Lipinski definition) is 5. The van der Waals surface area contributed by atoms with Crippen LogP contribution in [-0.4, -0.2) is 29.2 Å². The van der Waals surface area contributed by atoms with Gasteiger partial charge in [-0.05, 0) is 30.7 Å². The van der Waals surface area contributed by atoms with Crippen molar-refractivity contribution in [2.75, 3.05) is 18.4 Å². The van der Waals surface area contributed by atoms with Crippen molar-refractivity contribution in [1.82, 2.24) is 10.2 Å². The monoisotopic (exact) mass is 377 g/mol. The fraction of sp³-hybridized carbons (Fsp3) is 0.278. The number of quaternary nitrogens is 1. The quantitative estimate of drug-likeness (QED) is 0.628. The van der Waals surface area contributed by atoms with Crippen LogP contribution in [0.25, 0.3) is 11.7 Å². The Kier molecular flexibility index (Phi) is 5.92. The Morgan fingerprint density at radius 1 is 1.19 bits per heavy atom. The molecular weight excluding hydrogens is 358 g/mol. The molecule has 27 heavy (non-hydrogen) atoms. The van der Waals surface area contributed by atoms with Crippen LogP contribution in [0.5, 0.6) is 0 Å². The van der Waals surface area contributed by atoms with Crippen LogP contribution in [0.2, 0.25) is 0 Å². The van der Waals surface area contributed by atoms with Crippen LogP contribution in [-0.2, 0) is 11.3 Å². The zero-order chi connectivity index (χ0) is 19.2. The maximum absolute atomic E-state index is 13.7. The molecule has 0 radical (unpaired) electrons. The van der Waals surface area contributed by atoms with Crippen molar-refractivity contribution in [1.29, 1.82) is 0 Å². The van der Waals surface area contributed by atoms with Gasteiger partial charge in [-0.2, -0.15) is 0 Å². The zero-order valence-corrected chi connectivity index (χ0v) is 14.7. The molecule has 2 heterocycles. The van der Waals surface area contributed by atoms with Gasteiger partial charge in [-0.3, -0.25) is 4.79 Å². The molecule has 3 aromatic rings. The molecular formula is C18H19F2N4O3+. The molecule has 142 valence electrons. The first-order chi connectivity index (χ1) is 13.1. The Morgan fingerprint density at radius 2 is 1.96 bits per heavy atom. The van der Waals surface area contributed by atoms with Crippen molar-refractivity contribution in [3.05, 3.63) is 54.1 Å². The lowest BCUT2D eigenvalue weighted by molar-refractivity contribution is -0.907. The minimum atomic E-state index is -0.819. The summed E-state index contributed by atoms with van der Waals surface area (Å²) in [7, 11) is 0. The number of anilines is 1. The van der Waals surface area contributed by atoms with Crippen LogP contribution in [0.3, 0.4) is 0 Å². The van der Waals surface area contributed by atoms with Crippen LogP contribution in [0.1, 0.15) is 19.2 Å². The van der Waals surface area contributed by atoms with Gasteiger partial charge in [0, 0.05) is 0 Å². The average molecular weight is 377 g/mol. The summed E-state index contributed by atoms with van der Waals surface area (Å²) < 4.78 is 38.1. The van der Waals surface area contributed by atoms with E-state index in [2.05, 4.69) is 15.5 Å². The van der Waals surface area contributed by atoms with Gasteiger partial charge in [-0.1, -0.05) is 13.0 Å². The Hall–Kier alpha value is -3.07. The zero-order valence-electron chi connectivity index (χ0n) is 14.7. The number of aromatic nitrogens is 2. The number of halogens is 2. The highest BCUT2D eigenvalue weighted by atomic mass is 19.1. The fourth-order valence-corrected chi connectivity index (χ4v) is 2.66. The number of amides is 1. The lowest BCUT2D eigenvalue weighted by atomic mass is 10.3. The Balaban J connectivity index is 1.64. The van der Waals surface area contributed by atoms with Gasteiger partial charge in [-0.15, -0.1) is 10.2 Å². The highest BCUT2D eigenvalue weighted by Crippen LogP contribution is 2.18. The molecule has 0 fully saturated rings. The maximum Gasteiger partial charge on any atom is 0.283 e. The second-order valence-corrected chi connectivity index (χ2v) is 5.98. The topological polar surface area (TPSA) is 85.6 Å². The largest absolute Gasteiger partial charge is 0.459 e. The summed E-state index contributed by atoms with van der Waals surface area (Å²) in [4.78, 5) is 13.1. The number of furan rings is 1. The van der Waals surface area contributed by atoms with Crippen molar-refractivity contribution in [3.8, 4) is 11.7 Å². The SMILES string of the molecule is CCC[NH+](CC(=O)Nc1c(F)cccc1F)Cc1nnc(-c2ccco2)o1. The Labute approximate surface area is 154 Å². The summed E-state index contributed by atoms with van der Waals surface area (Å²) >= 11 is 0. The highest BCUT2D eigenvalue weighted by Gasteiger charge is 2.20. The number of nitrogens with one attached hydrogen (secondary N) is 2. The number of carbonyl (C=O) groups is 1. The third-order valence-corrected chi connectivity index (χ3v) is 3.84. The predicted molar refractivity (Wildman–Crippen MR) is 91.7 cm³/mol. The lowest BCUT2D eigenvalue weighted by Gasteiger charge is -2.16. The van der Waals surface area contributed by atoms with Gasteiger partial charge in [0.05, 0.1) is 12.8 Å². The molecule has 0 saturated carbocycles. The predicted octanol–water partition coefficient (Wildman–Crippen LogP) is 2.04. The first kappa shape index (κ1) is 18.7. The van der Waals surface area contributed by atoms with Gasteiger partial charge in [0.2, 0.25) is 0 Å². The molecule has 9 heteroatoms. The van der Waals surface area contributed by atoms with E-state index in [0.29, 0.717) is 24.7 Å². The van der Waals surface area contributed by atoms with Crippen LogP contribution < -0.4 is 10.2 Å². The highest BCUT2D eigenvalue weighted by molar-refractivity contribution is 5.91. The molecule has 0 aliphatic rings. The van der Waals surface area contributed by atoms with Crippen LogP contribution >= 0.6 is 0 Å². The number of nitrogens with zero attached hydrogens (tertiary/aromatic N) is 2. The van der Waals surface area contributed by atoms with Gasteiger partial charge in [0.1, 0.15) is 17.3 Å². The molecule has 0 aliphatic heterocycles. The molecule has 0 saturated heterocycles. The van der Waals surface area contributed by atoms with E-state index in [4.69, 9.17) is 8.83 Å². The normalized spacial score (nSPS) is 12.1. The Bertz CT molecular complexity index is 876. The maximum atomic E-state index is 13.7. The van der Waals surface area contributed by atoms with Gasteiger partial charge >= 0.3 is 0 Å². The smallest absolute Gasteiger partial charge is 0.283 e. The number of benzene rings is 1. The standard InChI is InChI=1S/C18H18F2N4O3/c1-2-8-24(10-15(25)21-17-12(19)5-3-6-13(17)20)11-16-22-23-18(27-16)14-7-4-9-26-14/h3-7,9H,2,8,10-11H2,1H3,(H,21,25)/p+1. The minimum Gasteiger partial charge on any atom is -0.459 e. The lowest BCUT2D eigenvalue weighted by Crippen LogP contribution is -3.11. The van der Waals surface area contributed by atoms with Crippen LogP contribution in [0, 0.1) is 11.6 Å². The summed E-state index contributed by atoms with van der Waals surface area (Å²) in [5.74, 6) is -1.09. The third-order valence-electron chi connectivity index (χ3n) is 3.84. The molecule has 3 rings (SSSR count). The summed E-state index contributed by atoms with van der Waals surface area (Å²) in [6.45, 7) is 2.91. The van der Waals surface area contributed by atoms with Crippen LogP contribution in [0.15, 0.2) is 45.4 Å². The number of rotatable bonds is 8. The molecule has 2 aromatic heterocycles. The summed E-state index contributed by atoms with van der Waals surface area (Å²) in [5, 5.41) is 10.2. The van der Waals surface area contributed by atoms with Gasteiger partial charge in [-0.25, -0.2) is 8.78 Å². The minimum absolute atomic E-state index is 0.0000790. The first-order valence-electron chi connectivity index (χ1n) is 8.50.